The van der Waals surface area contributed by atoms with Crippen LogP contribution in [0.4, 0.5) is 29.1 Å². The lowest BCUT2D eigenvalue weighted by Gasteiger charge is -2.41. The molecular formula is C20H20F4N6O2. The number of carbonyl (C=O) groups is 2. The molecule has 1 aromatic heterocycles. The maximum atomic E-state index is 13.1. The van der Waals surface area contributed by atoms with Crippen LogP contribution in [0.5, 0.6) is 0 Å². The van der Waals surface area contributed by atoms with Crippen LogP contribution in [0.3, 0.4) is 0 Å². The van der Waals surface area contributed by atoms with Gasteiger partial charge >= 0.3 is 6.18 Å². The SMILES string of the molecule is N#CCC1(NC(=O)c2cn[nH]c2Nc2ccc(F)cc2)CCN(C(=O)CC(F)(F)F)CC1. The van der Waals surface area contributed by atoms with Crippen molar-refractivity contribution in [2.75, 3.05) is 18.4 Å². The van der Waals surface area contributed by atoms with Gasteiger partial charge in [-0.05, 0) is 37.1 Å². The molecule has 1 saturated heterocycles. The van der Waals surface area contributed by atoms with E-state index >= 15 is 0 Å². The predicted molar refractivity (Wildman–Crippen MR) is 105 cm³/mol. The second-order valence-electron chi connectivity index (χ2n) is 7.53. The van der Waals surface area contributed by atoms with Crippen molar-refractivity contribution < 1.29 is 27.2 Å². The van der Waals surface area contributed by atoms with Crippen LogP contribution in [0.1, 0.15) is 36.0 Å². The van der Waals surface area contributed by atoms with Crippen LogP contribution in [-0.4, -0.2) is 51.7 Å². The molecular weight excluding hydrogens is 432 g/mol. The van der Waals surface area contributed by atoms with Gasteiger partial charge in [0.1, 0.15) is 23.6 Å². The van der Waals surface area contributed by atoms with E-state index in [0.29, 0.717) is 5.69 Å². The lowest BCUT2D eigenvalue weighted by molar-refractivity contribution is -0.162. The molecule has 3 rings (SSSR count). The Kier molecular flexibility index (Phi) is 6.67. The van der Waals surface area contributed by atoms with Gasteiger partial charge < -0.3 is 15.5 Å². The second kappa shape index (κ2) is 9.25. The van der Waals surface area contributed by atoms with Crippen molar-refractivity contribution in [3.05, 3.63) is 41.8 Å². The Balaban J connectivity index is 1.68. The summed E-state index contributed by atoms with van der Waals surface area (Å²) in [4.78, 5) is 25.8. The fraction of sp³-hybridized carbons (Fsp3) is 0.400. The summed E-state index contributed by atoms with van der Waals surface area (Å²) < 4.78 is 50.6. The molecule has 3 N–H and O–H groups in total. The standard InChI is InChI=1S/C20H20F4N6O2/c21-13-1-3-14(4-2-13)27-17-15(12-26-29-17)18(32)28-19(5-8-25)6-9-30(10-7-19)16(31)11-20(22,23)24/h1-4,12H,5-7,9-11H2,(H,28,32)(H2,26,27,29). The van der Waals surface area contributed by atoms with Gasteiger partial charge in [0.05, 0.1) is 24.2 Å². The molecule has 0 unspecified atom stereocenters. The van der Waals surface area contributed by atoms with Gasteiger partial charge in [-0.1, -0.05) is 0 Å². The third kappa shape index (κ3) is 5.75. The summed E-state index contributed by atoms with van der Waals surface area (Å²) in [6, 6.07) is 7.44. The lowest BCUT2D eigenvalue weighted by atomic mass is 9.84. The average Bonchev–Trinajstić information content (AvgIpc) is 3.17. The van der Waals surface area contributed by atoms with Crippen LogP contribution in [0.25, 0.3) is 0 Å². The van der Waals surface area contributed by atoms with Gasteiger partial charge in [-0.3, -0.25) is 14.7 Å². The minimum absolute atomic E-state index is 0.0110. The molecule has 0 bridgehead atoms. The zero-order chi connectivity index (χ0) is 23.4. The first-order valence-electron chi connectivity index (χ1n) is 9.71. The number of rotatable bonds is 6. The predicted octanol–water partition coefficient (Wildman–Crippen LogP) is 3.25. The number of amides is 2. The van der Waals surface area contributed by atoms with Gasteiger partial charge in [-0.15, -0.1) is 0 Å². The number of carbonyl (C=O) groups excluding carboxylic acids is 2. The summed E-state index contributed by atoms with van der Waals surface area (Å²) >= 11 is 0. The highest BCUT2D eigenvalue weighted by Crippen LogP contribution is 2.29. The number of benzene rings is 1. The first-order valence-corrected chi connectivity index (χ1v) is 9.71. The van der Waals surface area contributed by atoms with Crippen molar-refractivity contribution >= 4 is 23.3 Å². The number of halogens is 4. The number of aromatic nitrogens is 2. The fourth-order valence-corrected chi connectivity index (χ4v) is 3.50. The number of likely N-dealkylation sites (tertiary alicyclic amines) is 1. The Morgan fingerprint density at radius 2 is 1.88 bits per heavy atom. The van der Waals surface area contributed by atoms with Gasteiger partial charge in [-0.25, -0.2) is 4.39 Å². The number of piperidine rings is 1. The molecule has 2 amide bonds. The number of alkyl halides is 3. The van der Waals surface area contributed by atoms with E-state index in [4.69, 9.17) is 0 Å². The highest BCUT2D eigenvalue weighted by Gasteiger charge is 2.40. The second-order valence-corrected chi connectivity index (χ2v) is 7.53. The lowest BCUT2D eigenvalue weighted by Crippen LogP contribution is -2.56. The monoisotopic (exact) mass is 452 g/mol. The third-order valence-corrected chi connectivity index (χ3v) is 5.22. The number of nitrogens with one attached hydrogen (secondary N) is 3. The Morgan fingerprint density at radius 3 is 2.47 bits per heavy atom. The van der Waals surface area contributed by atoms with Gasteiger partial charge in [-0.2, -0.15) is 23.5 Å². The molecule has 2 heterocycles. The van der Waals surface area contributed by atoms with Crippen LogP contribution in [0.2, 0.25) is 0 Å². The van der Waals surface area contributed by atoms with E-state index in [1.165, 1.54) is 30.5 Å². The summed E-state index contributed by atoms with van der Waals surface area (Å²) in [5.74, 6) is -1.75. The van der Waals surface area contributed by atoms with Crippen LogP contribution >= 0.6 is 0 Å². The molecule has 1 fully saturated rings. The van der Waals surface area contributed by atoms with Gasteiger partial charge in [0.2, 0.25) is 5.91 Å². The van der Waals surface area contributed by atoms with Gasteiger partial charge in [0.15, 0.2) is 0 Å². The number of H-pyrrole nitrogens is 1. The largest absolute Gasteiger partial charge is 0.397 e. The van der Waals surface area contributed by atoms with Crippen molar-refractivity contribution in [1.82, 2.24) is 20.4 Å². The maximum absolute atomic E-state index is 13.1. The van der Waals surface area contributed by atoms with E-state index in [0.717, 1.165) is 4.90 Å². The third-order valence-electron chi connectivity index (χ3n) is 5.22. The summed E-state index contributed by atoms with van der Waals surface area (Å²) in [5.41, 5.74) is -0.347. The van der Waals surface area contributed by atoms with Crippen LogP contribution < -0.4 is 10.6 Å². The molecule has 8 nitrogen and oxygen atoms in total. The van der Waals surface area contributed by atoms with E-state index in [1.54, 1.807) is 0 Å². The zero-order valence-corrected chi connectivity index (χ0v) is 16.8. The van der Waals surface area contributed by atoms with Crippen LogP contribution in [0, 0.1) is 17.1 Å². The smallest absolute Gasteiger partial charge is 0.345 e. The molecule has 1 aromatic carbocycles. The van der Waals surface area contributed by atoms with E-state index in [-0.39, 0.29) is 43.7 Å². The molecule has 0 spiro atoms. The molecule has 170 valence electrons. The highest BCUT2D eigenvalue weighted by atomic mass is 19.4. The fourth-order valence-electron chi connectivity index (χ4n) is 3.50. The number of nitriles is 1. The minimum Gasteiger partial charge on any atom is -0.345 e. The van der Waals surface area contributed by atoms with E-state index in [1.807, 2.05) is 6.07 Å². The summed E-state index contributed by atoms with van der Waals surface area (Å²) in [6.07, 6.45) is -4.66. The zero-order valence-electron chi connectivity index (χ0n) is 16.8. The Bertz CT molecular complexity index is 1000. The summed E-state index contributed by atoms with van der Waals surface area (Å²) in [7, 11) is 0. The number of hydrogen-bond donors (Lipinski definition) is 3. The quantitative estimate of drug-likeness (QED) is 0.583. The number of nitrogens with zero attached hydrogens (tertiary/aromatic N) is 3. The molecule has 1 aliphatic heterocycles. The molecule has 0 saturated carbocycles. The van der Waals surface area contributed by atoms with Crippen molar-refractivity contribution in [3.63, 3.8) is 0 Å². The number of anilines is 2. The topological polar surface area (TPSA) is 114 Å². The Labute approximate surface area is 180 Å². The van der Waals surface area contributed by atoms with Gasteiger partial charge in [0.25, 0.3) is 5.91 Å². The Morgan fingerprint density at radius 1 is 1.22 bits per heavy atom. The molecule has 12 heteroatoms. The summed E-state index contributed by atoms with van der Waals surface area (Å²) in [6.45, 7) is -0.0219. The molecule has 0 atom stereocenters. The van der Waals surface area contributed by atoms with Crippen molar-refractivity contribution in [2.45, 2.75) is 37.4 Å². The Hall–Kier alpha value is -3.62. The first kappa shape index (κ1) is 23.1. The normalized spacial score (nSPS) is 15.7. The number of aromatic amines is 1. The molecule has 0 aliphatic carbocycles. The van der Waals surface area contributed by atoms with Crippen LogP contribution in [-0.2, 0) is 4.79 Å². The molecule has 0 radical (unpaired) electrons. The van der Waals surface area contributed by atoms with Gasteiger partial charge in [0, 0.05) is 18.8 Å². The van der Waals surface area contributed by atoms with Crippen molar-refractivity contribution in [1.29, 1.82) is 5.26 Å². The summed E-state index contributed by atoms with van der Waals surface area (Å²) in [5, 5.41) is 21.4. The minimum atomic E-state index is -4.60. The van der Waals surface area contributed by atoms with Crippen LogP contribution in [0.15, 0.2) is 30.5 Å². The van der Waals surface area contributed by atoms with E-state index in [2.05, 4.69) is 20.8 Å². The van der Waals surface area contributed by atoms with E-state index < -0.39 is 35.8 Å². The van der Waals surface area contributed by atoms with Crippen molar-refractivity contribution in [3.8, 4) is 6.07 Å². The van der Waals surface area contributed by atoms with E-state index in [9.17, 15) is 32.4 Å². The average molecular weight is 452 g/mol. The molecule has 32 heavy (non-hydrogen) atoms. The van der Waals surface area contributed by atoms with Crippen molar-refractivity contribution in [2.24, 2.45) is 0 Å². The molecule has 2 aromatic rings. The highest BCUT2D eigenvalue weighted by molar-refractivity contribution is 5.99. The molecule has 1 aliphatic rings. The number of hydrogen-bond acceptors (Lipinski definition) is 5. The first-order chi connectivity index (χ1) is 15.1. The maximum Gasteiger partial charge on any atom is 0.397 e.